The van der Waals surface area contributed by atoms with Gasteiger partial charge in [-0.2, -0.15) is 26.3 Å². The summed E-state index contributed by atoms with van der Waals surface area (Å²) in [6, 6.07) is 6.64. The third-order valence-corrected chi connectivity index (χ3v) is 17.6. The van der Waals surface area contributed by atoms with Crippen molar-refractivity contribution in [3.8, 4) is 0 Å². The predicted molar refractivity (Wildman–Crippen MR) is 391 cm³/mol. The number of halogens is 9. The number of allylic oxidation sites excluding steroid dienone is 2. The number of carboxylic acids is 1. The molecule has 2 aliphatic heterocycles. The molecule has 0 radical (unpaired) electrons. The molecule has 6 rings (SSSR count). The van der Waals surface area contributed by atoms with E-state index in [4.69, 9.17) is 49.0 Å². The van der Waals surface area contributed by atoms with Crippen LogP contribution in [-0.4, -0.2) is 156 Å². The number of alkyl halides is 9. The number of benzene rings is 2. The number of hydrazine groups is 2. The molecule has 0 saturated carbocycles. The van der Waals surface area contributed by atoms with Crippen molar-refractivity contribution in [3.05, 3.63) is 95.3 Å². The molecule has 2 saturated heterocycles. The zero-order valence-corrected chi connectivity index (χ0v) is 64.9. The van der Waals surface area contributed by atoms with Crippen molar-refractivity contribution in [2.24, 2.45) is 34.5 Å². The Labute approximate surface area is 633 Å². The van der Waals surface area contributed by atoms with E-state index in [1.165, 1.54) is 89.7 Å². The number of nitrogens with zero attached hydrogens (tertiary/aromatic N) is 4. The maximum Gasteiger partial charge on any atom is 0.414 e. The SMILES string of the molecule is CC(C)[C@H](CC(=O)C(C)(C)/C=C/c1ccc2ccc([C@H](NC(=O)OC(C)(C)C)C(F)(F)F)nc2c1)C(=O)N[C@@H](C)C(=O)N1CCC[C@@H](C(=O)O)N1.CC(C)[C@H](CC(=O)C(C)(C)/C=C/c1ccc2ccc([C@H](NC(=O)OC(C)(C)C)C(F)(F)F)nc2c1)C(=O)N[C@@H](C)C(=O)N1CCC[C@@H](C(=O)OCC(Cl)(Cl)Cl)N1. The minimum atomic E-state index is -4.86. The smallest absolute Gasteiger partial charge is 0.414 e. The van der Waals surface area contributed by atoms with Crippen LogP contribution in [0.3, 0.4) is 0 Å². The van der Waals surface area contributed by atoms with E-state index in [2.05, 4.69) is 31.5 Å². The van der Waals surface area contributed by atoms with E-state index in [9.17, 15) is 79.4 Å². The number of ketones is 2. The number of amides is 6. The Bertz CT molecular complexity index is 3950. The van der Waals surface area contributed by atoms with Crippen molar-refractivity contribution >= 4 is 128 Å². The first-order valence-electron chi connectivity index (χ1n) is 34.8. The summed E-state index contributed by atoms with van der Waals surface area (Å²) in [5.74, 6) is -6.36. The number of esters is 1. The van der Waals surface area contributed by atoms with Gasteiger partial charge in [0.15, 0.2) is 12.1 Å². The fourth-order valence-electron chi connectivity index (χ4n) is 11.0. The van der Waals surface area contributed by atoms with Crippen LogP contribution in [0.1, 0.15) is 184 Å². The molecule has 33 heteroatoms. The van der Waals surface area contributed by atoms with Crippen LogP contribution in [-0.2, 0) is 52.6 Å². The van der Waals surface area contributed by atoms with Crippen molar-refractivity contribution in [1.82, 2.24) is 52.1 Å². The molecule has 8 atom stereocenters. The summed E-state index contributed by atoms with van der Waals surface area (Å²) in [4.78, 5) is 137. The van der Waals surface area contributed by atoms with Gasteiger partial charge in [0.2, 0.25) is 15.6 Å². The minimum absolute atomic E-state index is 0.128. The van der Waals surface area contributed by atoms with E-state index in [1.807, 2.05) is 10.6 Å². The number of aliphatic carboxylic acids is 1. The van der Waals surface area contributed by atoms with E-state index in [0.29, 0.717) is 54.1 Å². The molecule has 6 amide bonds. The molecule has 590 valence electrons. The highest BCUT2D eigenvalue weighted by Gasteiger charge is 2.46. The lowest BCUT2D eigenvalue weighted by atomic mass is 9.79. The van der Waals surface area contributed by atoms with E-state index in [0.717, 1.165) is 0 Å². The number of carbonyl (C=O) groups is 10. The summed E-state index contributed by atoms with van der Waals surface area (Å²) >= 11 is 17.0. The zero-order valence-electron chi connectivity index (χ0n) is 62.7. The van der Waals surface area contributed by atoms with Gasteiger partial charge in [-0.1, -0.05) is 123 Å². The Morgan fingerprint density at radius 1 is 0.551 bits per heavy atom. The molecular weight excluding hydrogens is 1470 g/mol. The summed E-state index contributed by atoms with van der Waals surface area (Å²) < 4.78 is 97.4. The van der Waals surface area contributed by atoms with E-state index in [1.54, 1.807) is 116 Å². The second kappa shape index (κ2) is 36.8. The Hall–Kier alpha value is -8.19. The third-order valence-electron chi connectivity index (χ3n) is 17.3. The number of aromatic nitrogens is 2. The molecule has 0 unspecified atom stereocenters. The summed E-state index contributed by atoms with van der Waals surface area (Å²) in [5.41, 5.74) is 2.04. The molecule has 2 aromatic carbocycles. The molecule has 2 aliphatic rings. The van der Waals surface area contributed by atoms with Crippen LogP contribution >= 0.6 is 34.8 Å². The molecule has 0 bridgehead atoms. The lowest BCUT2D eigenvalue weighted by Gasteiger charge is -2.34. The van der Waals surface area contributed by atoms with Crippen LogP contribution in [0.4, 0.5) is 35.9 Å². The fraction of sp³-hybridized carbons (Fsp3) is 0.568. The predicted octanol–water partition coefficient (Wildman–Crippen LogP) is 13.3. The van der Waals surface area contributed by atoms with Gasteiger partial charge in [0.1, 0.15) is 53.5 Å². The Morgan fingerprint density at radius 3 is 1.24 bits per heavy atom. The normalized spacial score (nSPS) is 17.4. The quantitative estimate of drug-likeness (QED) is 0.0140. The second-order valence-corrected chi connectivity index (χ2v) is 32.8. The molecule has 4 heterocycles. The average molecular weight is 1570 g/mol. The summed E-state index contributed by atoms with van der Waals surface area (Å²) in [6.07, 6.45) is -4.18. The first-order valence-corrected chi connectivity index (χ1v) is 35.9. The number of hydrogen-bond acceptors (Lipinski definition) is 17. The van der Waals surface area contributed by atoms with Gasteiger partial charge in [-0.25, -0.2) is 20.4 Å². The topological polar surface area (TPSA) is 323 Å². The molecule has 24 nitrogen and oxygen atoms in total. The van der Waals surface area contributed by atoms with Gasteiger partial charge >= 0.3 is 36.5 Å². The number of nitrogens with one attached hydrogen (secondary N) is 6. The summed E-state index contributed by atoms with van der Waals surface area (Å²) in [6.45, 7) is 26.2. The molecule has 2 fully saturated rings. The number of ether oxygens (including phenoxy) is 3. The zero-order chi connectivity index (χ0) is 80.9. The molecule has 107 heavy (non-hydrogen) atoms. The van der Waals surface area contributed by atoms with Crippen molar-refractivity contribution in [2.45, 2.75) is 213 Å². The summed E-state index contributed by atoms with van der Waals surface area (Å²) in [5, 5.41) is 22.0. The first-order chi connectivity index (χ1) is 49.1. The number of pyridine rings is 2. The second-order valence-electron chi connectivity index (χ2n) is 30.3. The molecule has 2 aromatic heterocycles. The number of carbonyl (C=O) groups excluding carboxylic acids is 9. The van der Waals surface area contributed by atoms with E-state index < -0.39 is 152 Å². The maximum atomic E-state index is 14.0. The third kappa shape index (κ3) is 27.8. The largest absolute Gasteiger partial charge is 0.480 e. The van der Waals surface area contributed by atoms with Crippen LogP contribution < -0.4 is 32.1 Å². The molecular formula is C74H97Cl3F6N10O14. The number of hydrogen-bond donors (Lipinski definition) is 7. The van der Waals surface area contributed by atoms with Gasteiger partial charge < -0.3 is 40.6 Å². The van der Waals surface area contributed by atoms with Crippen molar-refractivity contribution in [1.29, 1.82) is 0 Å². The van der Waals surface area contributed by atoms with Crippen LogP contribution in [0.2, 0.25) is 0 Å². The number of fused-ring (bicyclic) bond motifs is 2. The fourth-order valence-corrected chi connectivity index (χ4v) is 11.2. The maximum absolute atomic E-state index is 14.0. The molecule has 0 spiro atoms. The lowest BCUT2D eigenvalue weighted by molar-refractivity contribution is -0.158. The number of alkyl carbamates (subject to hydrolysis) is 2. The average Bonchev–Trinajstić information content (AvgIpc) is 0.798. The van der Waals surface area contributed by atoms with E-state index in [-0.39, 0.29) is 53.8 Å². The van der Waals surface area contributed by atoms with Gasteiger partial charge in [0.05, 0.1) is 22.4 Å². The molecule has 0 aliphatic carbocycles. The van der Waals surface area contributed by atoms with Crippen LogP contribution in [0.15, 0.2) is 72.8 Å². The molecule has 7 N–H and O–H groups in total. The van der Waals surface area contributed by atoms with Gasteiger partial charge in [-0.3, -0.25) is 58.3 Å². The van der Waals surface area contributed by atoms with Gasteiger partial charge in [-0.15, -0.1) is 0 Å². The Morgan fingerprint density at radius 2 is 0.907 bits per heavy atom. The van der Waals surface area contributed by atoms with Crippen LogP contribution in [0.25, 0.3) is 34.0 Å². The van der Waals surface area contributed by atoms with E-state index >= 15 is 0 Å². The summed E-state index contributed by atoms with van der Waals surface area (Å²) in [7, 11) is 0. The highest BCUT2D eigenvalue weighted by Crippen LogP contribution is 2.37. The van der Waals surface area contributed by atoms with Gasteiger partial charge in [-0.05, 0) is 156 Å². The lowest BCUT2D eigenvalue weighted by Crippen LogP contribution is -2.60. The number of carboxylic acid groups (broad SMARTS) is 1. The minimum Gasteiger partial charge on any atom is -0.480 e. The standard InChI is InChI=1S/C38H49Cl3F3N5O7.C36H48F3N5O7/c1-21(2)25(31(51)45-22(3)32(52)49-17-9-10-27(48-49)33(53)55-20-37(39,40)41)19-29(50)36(7,8)16-15-23-11-12-24-13-14-26(46-28(24)18-23)30(38(42,43)44)47-34(54)56-35(4,5)6;1-20(2)24(30(46)40-21(3)31(47)44-17-9-10-26(43-44)32(48)49)19-28(45)35(7,8)16-15-22-11-12-23-13-14-25(41-27(23)18-22)29(36(37,38)39)42-33(50)51-34(4,5)6/h11-16,18,21-22,25,27,30,48H,9-10,17,19-20H2,1-8H3,(H,45,51)(H,47,54);11-16,18,20-21,24,26,29,43H,9-10,17,19H2,1-8H3,(H,40,46)(H,42,50)(H,48,49)/b2*16-15+/t22-,25-,27-,30-;21-,24-,26-,29-/m00/s1. The van der Waals surface area contributed by atoms with Crippen LogP contribution in [0, 0.1) is 34.5 Å². The highest BCUT2D eigenvalue weighted by atomic mass is 35.6. The van der Waals surface area contributed by atoms with Crippen LogP contribution in [0.5, 0.6) is 0 Å². The monoisotopic (exact) mass is 1570 g/mol. The Balaban J connectivity index is 0.000000385. The number of Topliss-reactive ketones (excluding diaryl/α,β-unsaturated/α-hetero) is 2. The van der Waals surface area contributed by atoms with Crippen molar-refractivity contribution in [2.75, 3.05) is 19.7 Å². The number of rotatable bonds is 25. The van der Waals surface area contributed by atoms with Crippen molar-refractivity contribution < 1.29 is 93.6 Å². The van der Waals surface area contributed by atoms with Crippen molar-refractivity contribution in [3.63, 3.8) is 0 Å². The highest BCUT2D eigenvalue weighted by molar-refractivity contribution is 6.67. The van der Waals surface area contributed by atoms with Gasteiger partial charge in [0, 0.05) is 59.4 Å². The van der Waals surface area contributed by atoms with Gasteiger partial charge in [0.25, 0.3) is 11.8 Å². The Kier molecular flexibility index (Phi) is 30.8. The first kappa shape index (κ1) is 89.4. The molecule has 4 aromatic rings.